The Morgan fingerprint density at radius 2 is 2.25 bits per heavy atom. The zero-order valence-electron chi connectivity index (χ0n) is 4.80. The maximum absolute atomic E-state index is 8.64. The van der Waals surface area contributed by atoms with Crippen molar-refractivity contribution in [2.24, 2.45) is 17.1 Å². The van der Waals surface area contributed by atoms with Crippen molar-refractivity contribution in [1.82, 2.24) is 0 Å². The molecule has 46 valence electrons. The van der Waals surface area contributed by atoms with Crippen LogP contribution in [0.15, 0.2) is 0 Å². The van der Waals surface area contributed by atoms with Gasteiger partial charge in [0.05, 0.1) is 0 Å². The Morgan fingerprint density at radius 3 is 2.38 bits per heavy atom. The maximum atomic E-state index is 8.64. The number of hydrogen-bond donors (Lipinski definition) is 2. The lowest BCUT2D eigenvalue weighted by Crippen LogP contribution is -2.04. The first-order valence-corrected chi connectivity index (χ1v) is 3.16. The number of aliphatic hydroxyl groups is 1. The van der Waals surface area contributed by atoms with Crippen LogP contribution in [0.4, 0.5) is 0 Å². The molecule has 1 spiro atoms. The van der Waals surface area contributed by atoms with Crippen molar-refractivity contribution in [2.45, 2.75) is 18.9 Å². The summed E-state index contributed by atoms with van der Waals surface area (Å²) in [6.45, 7) is 0.355. The van der Waals surface area contributed by atoms with E-state index < -0.39 is 0 Å². The molecule has 2 saturated carbocycles. The van der Waals surface area contributed by atoms with Gasteiger partial charge in [-0.1, -0.05) is 0 Å². The van der Waals surface area contributed by atoms with E-state index in [0.717, 1.165) is 6.42 Å². The molecule has 2 fully saturated rings. The molecule has 2 aliphatic rings. The standard InChI is InChI=1S/C6H11NO/c7-5-2-6(5)1-4(6)3-8/h4-5,8H,1-3,7H2/t4-,5-,6-/m1/s1. The Hall–Kier alpha value is -0.0800. The van der Waals surface area contributed by atoms with E-state index >= 15 is 0 Å². The highest BCUT2D eigenvalue weighted by Gasteiger charge is 2.68. The lowest BCUT2D eigenvalue weighted by atomic mass is 10.3. The summed E-state index contributed by atoms with van der Waals surface area (Å²) in [5, 5.41) is 8.64. The molecule has 2 rings (SSSR count). The van der Waals surface area contributed by atoms with Crippen LogP contribution < -0.4 is 5.73 Å². The second kappa shape index (κ2) is 1.09. The molecule has 3 atom stereocenters. The molecule has 0 aromatic carbocycles. The molecule has 2 heteroatoms. The van der Waals surface area contributed by atoms with Crippen LogP contribution in [-0.4, -0.2) is 17.8 Å². The van der Waals surface area contributed by atoms with Crippen molar-refractivity contribution in [2.75, 3.05) is 6.61 Å². The minimum absolute atomic E-state index is 0.355. The van der Waals surface area contributed by atoms with Crippen LogP contribution in [0.5, 0.6) is 0 Å². The highest BCUT2D eigenvalue weighted by atomic mass is 16.3. The summed E-state index contributed by atoms with van der Waals surface area (Å²) in [7, 11) is 0. The fraction of sp³-hybridized carbons (Fsp3) is 1.00. The van der Waals surface area contributed by atoms with Gasteiger partial charge in [-0.05, 0) is 24.2 Å². The molecule has 0 aliphatic heterocycles. The number of rotatable bonds is 1. The molecule has 8 heavy (non-hydrogen) atoms. The van der Waals surface area contributed by atoms with Gasteiger partial charge in [-0.15, -0.1) is 0 Å². The lowest BCUT2D eigenvalue weighted by molar-refractivity contribution is 0.266. The third-order valence-electron chi connectivity index (χ3n) is 2.68. The topological polar surface area (TPSA) is 46.2 Å². The van der Waals surface area contributed by atoms with Crippen LogP contribution in [0.25, 0.3) is 0 Å². The van der Waals surface area contributed by atoms with Crippen LogP contribution in [0.1, 0.15) is 12.8 Å². The Bertz CT molecular complexity index is 126. The SMILES string of the molecule is N[C@@H]1C[C@@]12C[C@@H]2CO. The third-order valence-corrected chi connectivity index (χ3v) is 2.68. The van der Waals surface area contributed by atoms with E-state index in [1.165, 1.54) is 6.42 Å². The summed E-state index contributed by atoms with van der Waals surface area (Å²) < 4.78 is 0. The Morgan fingerprint density at radius 1 is 1.62 bits per heavy atom. The first kappa shape index (κ1) is 4.77. The van der Waals surface area contributed by atoms with Gasteiger partial charge < -0.3 is 10.8 Å². The first-order chi connectivity index (χ1) is 3.79. The molecular formula is C6H11NO. The van der Waals surface area contributed by atoms with Crippen molar-refractivity contribution < 1.29 is 5.11 Å². The van der Waals surface area contributed by atoms with E-state index in [9.17, 15) is 0 Å². The second-order valence-corrected chi connectivity index (χ2v) is 3.13. The molecule has 2 nitrogen and oxygen atoms in total. The minimum atomic E-state index is 0.355. The summed E-state index contributed by atoms with van der Waals surface area (Å²) >= 11 is 0. The molecule has 0 aromatic rings. The van der Waals surface area contributed by atoms with Gasteiger partial charge in [0.1, 0.15) is 0 Å². The van der Waals surface area contributed by atoms with Crippen LogP contribution in [0.3, 0.4) is 0 Å². The molecule has 0 radical (unpaired) electrons. The molecule has 0 aromatic heterocycles. The smallest absolute Gasteiger partial charge is 0.0465 e. The van der Waals surface area contributed by atoms with E-state index in [1.807, 2.05) is 0 Å². The summed E-state index contributed by atoms with van der Waals surface area (Å²) in [4.78, 5) is 0. The van der Waals surface area contributed by atoms with Gasteiger partial charge >= 0.3 is 0 Å². The molecular weight excluding hydrogens is 102 g/mol. The highest BCUT2D eigenvalue weighted by Crippen LogP contribution is 2.69. The molecule has 0 bridgehead atoms. The average molecular weight is 113 g/mol. The molecule has 0 saturated heterocycles. The maximum Gasteiger partial charge on any atom is 0.0465 e. The predicted octanol–water partition coefficient (Wildman–Crippen LogP) is -0.284. The van der Waals surface area contributed by atoms with Gasteiger partial charge in [0.15, 0.2) is 0 Å². The summed E-state index contributed by atoms with van der Waals surface area (Å²) in [6.07, 6.45) is 2.35. The van der Waals surface area contributed by atoms with Crippen molar-refractivity contribution in [1.29, 1.82) is 0 Å². The lowest BCUT2D eigenvalue weighted by Gasteiger charge is -1.85. The number of nitrogens with two attached hydrogens (primary N) is 1. The van der Waals surface area contributed by atoms with Crippen LogP contribution >= 0.6 is 0 Å². The molecule has 0 unspecified atom stereocenters. The Labute approximate surface area is 48.7 Å². The van der Waals surface area contributed by atoms with Crippen molar-refractivity contribution >= 4 is 0 Å². The molecule has 0 amide bonds. The third kappa shape index (κ3) is 0.361. The largest absolute Gasteiger partial charge is 0.396 e. The monoisotopic (exact) mass is 113 g/mol. The van der Waals surface area contributed by atoms with Gasteiger partial charge in [0, 0.05) is 12.6 Å². The van der Waals surface area contributed by atoms with E-state index in [-0.39, 0.29) is 0 Å². The zero-order valence-corrected chi connectivity index (χ0v) is 4.80. The minimum Gasteiger partial charge on any atom is -0.396 e. The van der Waals surface area contributed by atoms with Gasteiger partial charge in [0.2, 0.25) is 0 Å². The van der Waals surface area contributed by atoms with Gasteiger partial charge in [0.25, 0.3) is 0 Å². The second-order valence-electron chi connectivity index (χ2n) is 3.13. The molecule has 0 heterocycles. The predicted molar refractivity (Wildman–Crippen MR) is 30.2 cm³/mol. The highest BCUT2D eigenvalue weighted by molar-refractivity contribution is 5.21. The van der Waals surface area contributed by atoms with Crippen LogP contribution in [-0.2, 0) is 0 Å². The van der Waals surface area contributed by atoms with E-state index in [0.29, 0.717) is 24.0 Å². The van der Waals surface area contributed by atoms with Gasteiger partial charge in [-0.25, -0.2) is 0 Å². The summed E-state index contributed by atoms with van der Waals surface area (Å²) in [6, 6.07) is 0.430. The van der Waals surface area contributed by atoms with Gasteiger partial charge in [-0.3, -0.25) is 0 Å². The number of hydrogen-bond acceptors (Lipinski definition) is 2. The fourth-order valence-electron chi connectivity index (χ4n) is 1.70. The van der Waals surface area contributed by atoms with Crippen molar-refractivity contribution in [3.05, 3.63) is 0 Å². The van der Waals surface area contributed by atoms with Gasteiger partial charge in [-0.2, -0.15) is 0 Å². The Balaban J connectivity index is 1.97. The van der Waals surface area contributed by atoms with Crippen LogP contribution in [0.2, 0.25) is 0 Å². The van der Waals surface area contributed by atoms with E-state index in [2.05, 4.69) is 0 Å². The fourth-order valence-corrected chi connectivity index (χ4v) is 1.70. The molecule has 3 N–H and O–H groups in total. The quantitative estimate of drug-likeness (QED) is 0.491. The van der Waals surface area contributed by atoms with E-state index in [4.69, 9.17) is 10.8 Å². The summed E-state index contributed by atoms with van der Waals surface area (Å²) in [5.41, 5.74) is 6.07. The Kier molecular flexibility index (Phi) is 0.649. The van der Waals surface area contributed by atoms with Crippen LogP contribution in [0, 0.1) is 11.3 Å². The average Bonchev–Trinajstić information content (AvgIpc) is 2.55. The zero-order chi connectivity index (χ0) is 5.78. The van der Waals surface area contributed by atoms with Crippen molar-refractivity contribution in [3.8, 4) is 0 Å². The normalized spacial score (nSPS) is 59.2. The van der Waals surface area contributed by atoms with Crippen molar-refractivity contribution in [3.63, 3.8) is 0 Å². The first-order valence-electron chi connectivity index (χ1n) is 3.16. The number of aliphatic hydroxyl groups excluding tert-OH is 1. The van der Waals surface area contributed by atoms with E-state index in [1.54, 1.807) is 0 Å². The summed E-state index contributed by atoms with van der Waals surface area (Å²) in [5.74, 6) is 0.567. The molecule has 2 aliphatic carbocycles.